The van der Waals surface area contributed by atoms with Crippen LogP contribution in [0.15, 0.2) is 29.5 Å². The predicted molar refractivity (Wildman–Crippen MR) is 134 cm³/mol. The first-order valence-electron chi connectivity index (χ1n) is 10.5. The zero-order valence-electron chi connectivity index (χ0n) is 18.8. The van der Waals surface area contributed by atoms with Gasteiger partial charge >= 0.3 is 0 Å². The molecule has 0 spiro atoms. The van der Waals surface area contributed by atoms with Crippen molar-refractivity contribution in [2.45, 2.75) is 38.8 Å². The standard InChI is InChI=1S/C21H33N7O2.HI/c1-5-20-26-24-15-28(20)11-8-23-21(22-2)25-16-6-9-27(10-7-16)17-12-18(29-3)14-19(13-17)30-4;/h12-16H,5-11H2,1-4H3,(H2,22,23,25);1H. The van der Waals surface area contributed by atoms with E-state index in [9.17, 15) is 0 Å². The van der Waals surface area contributed by atoms with Gasteiger partial charge in [-0.25, -0.2) is 0 Å². The highest BCUT2D eigenvalue weighted by molar-refractivity contribution is 14.0. The van der Waals surface area contributed by atoms with Crippen molar-refractivity contribution in [3.63, 3.8) is 0 Å². The van der Waals surface area contributed by atoms with Crippen LogP contribution in [0.4, 0.5) is 5.69 Å². The third kappa shape index (κ3) is 6.88. The van der Waals surface area contributed by atoms with Crippen LogP contribution in [0.2, 0.25) is 0 Å². The van der Waals surface area contributed by atoms with Crippen LogP contribution in [0.3, 0.4) is 0 Å². The Hall–Kier alpha value is -2.24. The summed E-state index contributed by atoms with van der Waals surface area (Å²) in [5.74, 6) is 3.46. The third-order valence-corrected chi connectivity index (χ3v) is 5.42. The molecule has 2 N–H and O–H groups in total. The van der Waals surface area contributed by atoms with E-state index < -0.39 is 0 Å². The fourth-order valence-electron chi connectivity index (χ4n) is 3.68. The molecule has 3 rings (SSSR count). The SMILES string of the molecule is CCc1nncn1CCNC(=NC)NC1CCN(c2cc(OC)cc(OC)c2)CC1.I. The molecule has 1 aromatic carbocycles. The van der Waals surface area contributed by atoms with Gasteiger partial charge < -0.3 is 29.6 Å². The minimum atomic E-state index is 0. The van der Waals surface area contributed by atoms with E-state index in [1.54, 1.807) is 20.5 Å². The number of aliphatic imine (C=N–C) groups is 1. The summed E-state index contributed by atoms with van der Waals surface area (Å²) >= 11 is 0. The molecule has 1 saturated heterocycles. The smallest absolute Gasteiger partial charge is 0.191 e. The van der Waals surface area contributed by atoms with Crippen LogP contribution in [-0.4, -0.2) is 67.7 Å². The van der Waals surface area contributed by atoms with Gasteiger partial charge in [0, 0.05) is 69.6 Å². The molecule has 2 aromatic rings. The van der Waals surface area contributed by atoms with Crippen molar-refractivity contribution >= 4 is 35.6 Å². The summed E-state index contributed by atoms with van der Waals surface area (Å²) in [6.07, 6.45) is 4.72. The lowest BCUT2D eigenvalue weighted by atomic mass is 10.0. The Balaban J connectivity index is 0.00000341. The maximum absolute atomic E-state index is 5.40. The van der Waals surface area contributed by atoms with E-state index in [-0.39, 0.29) is 24.0 Å². The minimum Gasteiger partial charge on any atom is -0.497 e. The molecular weight excluding hydrogens is 509 g/mol. The fraction of sp³-hybridized carbons (Fsp3) is 0.571. The van der Waals surface area contributed by atoms with Gasteiger partial charge in [0.25, 0.3) is 0 Å². The largest absolute Gasteiger partial charge is 0.497 e. The number of guanidine groups is 1. The molecule has 0 atom stereocenters. The van der Waals surface area contributed by atoms with Crippen molar-refractivity contribution in [2.24, 2.45) is 4.99 Å². The number of nitrogens with zero attached hydrogens (tertiary/aromatic N) is 5. The van der Waals surface area contributed by atoms with Crippen LogP contribution in [0.25, 0.3) is 0 Å². The molecule has 172 valence electrons. The Kier molecular flexibility index (Phi) is 10.2. The second kappa shape index (κ2) is 12.6. The van der Waals surface area contributed by atoms with Gasteiger partial charge in [-0.15, -0.1) is 34.2 Å². The lowest BCUT2D eigenvalue weighted by Crippen LogP contribution is -2.49. The Labute approximate surface area is 201 Å². The van der Waals surface area contributed by atoms with Crippen molar-refractivity contribution < 1.29 is 9.47 Å². The molecule has 0 unspecified atom stereocenters. The number of ether oxygens (including phenoxy) is 2. The highest BCUT2D eigenvalue weighted by Gasteiger charge is 2.21. The molecule has 0 bridgehead atoms. The zero-order chi connectivity index (χ0) is 21.3. The molecule has 0 radical (unpaired) electrons. The van der Waals surface area contributed by atoms with E-state index in [2.05, 4.69) is 54.3 Å². The normalized spacial score (nSPS) is 14.7. The van der Waals surface area contributed by atoms with Gasteiger partial charge in [0.05, 0.1) is 14.2 Å². The maximum Gasteiger partial charge on any atom is 0.191 e. The van der Waals surface area contributed by atoms with Gasteiger partial charge in [0.2, 0.25) is 0 Å². The van der Waals surface area contributed by atoms with E-state index in [1.165, 1.54) is 0 Å². The molecule has 10 heteroatoms. The van der Waals surface area contributed by atoms with E-state index >= 15 is 0 Å². The first-order valence-corrected chi connectivity index (χ1v) is 10.5. The lowest BCUT2D eigenvalue weighted by molar-refractivity contribution is 0.393. The number of nitrogens with one attached hydrogen (secondary N) is 2. The zero-order valence-corrected chi connectivity index (χ0v) is 21.1. The number of halogens is 1. The van der Waals surface area contributed by atoms with Crippen LogP contribution >= 0.6 is 24.0 Å². The van der Waals surface area contributed by atoms with Gasteiger partial charge in [-0.3, -0.25) is 4.99 Å². The monoisotopic (exact) mass is 543 g/mol. The molecule has 0 saturated carbocycles. The van der Waals surface area contributed by atoms with Crippen LogP contribution in [0.1, 0.15) is 25.6 Å². The average molecular weight is 543 g/mol. The predicted octanol–water partition coefficient (Wildman–Crippen LogP) is 2.31. The van der Waals surface area contributed by atoms with Gasteiger partial charge in [0.15, 0.2) is 5.96 Å². The minimum absolute atomic E-state index is 0. The second-order valence-corrected chi connectivity index (χ2v) is 7.27. The molecule has 1 aromatic heterocycles. The summed E-state index contributed by atoms with van der Waals surface area (Å²) < 4.78 is 12.9. The van der Waals surface area contributed by atoms with E-state index in [1.807, 2.05) is 13.1 Å². The molecule has 1 aliphatic rings. The molecule has 2 heterocycles. The maximum atomic E-state index is 5.40. The fourth-order valence-corrected chi connectivity index (χ4v) is 3.68. The second-order valence-electron chi connectivity index (χ2n) is 7.27. The molecule has 0 amide bonds. The Morgan fingerprint density at radius 2 is 1.84 bits per heavy atom. The number of aryl methyl sites for hydroxylation is 1. The number of aromatic nitrogens is 3. The van der Waals surface area contributed by atoms with Crippen molar-refractivity contribution in [3.05, 3.63) is 30.4 Å². The van der Waals surface area contributed by atoms with Crippen molar-refractivity contribution in [1.29, 1.82) is 0 Å². The number of anilines is 1. The first-order chi connectivity index (χ1) is 14.7. The average Bonchev–Trinajstić information content (AvgIpc) is 3.25. The van der Waals surface area contributed by atoms with Gasteiger partial charge in [-0.05, 0) is 12.8 Å². The number of methoxy groups -OCH3 is 2. The summed E-state index contributed by atoms with van der Waals surface area (Å²) in [4.78, 5) is 6.75. The first kappa shape index (κ1) is 25.0. The molecule has 9 nitrogen and oxygen atoms in total. The number of hydrogen-bond acceptors (Lipinski definition) is 6. The van der Waals surface area contributed by atoms with Crippen molar-refractivity contribution in [1.82, 2.24) is 25.4 Å². The lowest BCUT2D eigenvalue weighted by Gasteiger charge is -2.34. The summed E-state index contributed by atoms with van der Waals surface area (Å²) in [6.45, 7) is 5.60. The third-order valence-electron chi connectivity index (χ3n) is 5.42. The van der Waals surface area contributed by atoms with Crippen molar-refractivity contribution in [2.75, 3.05) is 45.8 Å². The summed E-state index contributed by atoms with van der Waals surface area (Å²) in [7, 11) is 5.17. The van der Waals surface area contributed by atoms with Crippen LogP contribution in [0, 0.1) is 0 Å². The quantitative estimate of drug-likeness (QED) is 0.300. The summed E-state index contributed by atoms with van der Waals surface area (Å²) in [5.41, 5.74) is 1.13. The van der Waals surface area contributed by atoms with E-state index in [4.69, 9.17) is 9.47 Å². The van der Waals surface area contributed by atoms with Gasteiger partial charge in [-0.1, -0.05) is 6.92 Å². The van der Waals surface area contributed by atoms with Gasteiger partial charge in [0.1, 0.15) is 23.7 Å². The Bertz CT molecular complexity index is 813. The van der Waals surface area contributed by atoms with Crippen LogP contribution < -0.4 is 25.0 Å². The summed E-state index contributed by atoms with van der Waals surface area (Å²) in [5, 5.41) is 15.0. The molecule has 31 heavy (non-hydrogen) atoms. The number of hydrogen-bond donors (Lipinski definition) is 2. The Morgan fingerprint density at radius 3 is 2.42 bits per heavy atom. The highest BCUT2D eigenvalue weighted by Crippen LogP contribution is 2.30. The van der Waals surface area contributed by atoms with Crippen LogP contribution in [-0.2, 0) is 13.0 Å². The Morgan fingerprint density at radius 1 is 1.16 bits per heavy atom. The molecule has 1 fully saturated rings. The number of rotatable bonds is 8. The highest BCUT2D eigenvalue weighted by atomic mass is 127. The van der Waals surface area contributed by atoms with Gasteiger partial charge in [-0.2, -0.15) is 0 Å². The number of piperidine rings is 1. The summed E-state index contributed by atoms with van der Waals surface area (Å²) in [6, 6.07) is 6.41. The molecule has 1 aliphatic heterocycles. The number of benzene rings is 1. The topological polar surface area (TPSA) is 88.8 Å². The van der Waals surface area contributed by atoms with Crippen LogP contribution in [0.5, 0.6) is 11.5 Å². The molecule has 0 aliphatic carbocycles. The van der Waals surface area contributed by atoms with E-state index in [0.29, 0.717) is 6.04 Å². The molecular formula is C21H34IN7O2. The van der Waals surface area contributed by atoms with Crippen molar-refractivity contribution in [3.8, 4) is 11.5 Å². The van der Waals surface area contributed by atoms with E-state index in [0.717, 1.165) is 74.4 Å².